The Hall–Kier alpha value is -3.60. The molecular weight excluding hydrogens is 330 g/mol. The van der Waals surface area contributed by atoms with E-state index in [1.165, 1.54) is 0 Å². The van der Waals surface area contributed by atoms with Gasteiger partial charge in [0.2, 0.25) is 0 Å². The fourth-order valence-electron chi connectivity index (χ4n) is 2.92. The van der Waals surface area contributed by atoms with E-state index in [-0.39, 0.29) is 5.56 Å². The first-order valence-corrected chi connectivity index (χ1v) is 8.03. The third kappa shape index (κ3) is 2.80. The molecule has 0 spiro atoms. The van der Waals surface area contributed by atoms with Gasteiger partial charge >= 0.3 is 5.97 Å². The molecule has 1 N–H and O–H groups in total. The number of hydrogen-bond donors (Lipinski definition) is 1. The number of aromatic nitrogens is 1. The predicted molar refractivity (Wildman–Crippen MR) is 100 cm³/mol. The van der Waals surface area contributed by atoms with E-state index in [0.717, 1.165) is 5.39 Å². The number of nitrogens with zero attached hydrogens (tertiary/aromatic N) is 1. The number of aromatic carboxylic acids is 1. The second-order valence-corrected chi connectivity index (χ2v) is 5.78. The molecule has 0 radical (unpaired) electrons. The summed E-state index contributed by atoms with van der Waals surface area (Å²) in [6.45, 7) is 0. The van der Waals surface area contributed by atoms with Crippen LogP contribution in [0.2, 0.25) is 0 Å². The molecule has 2 aromatic heterocycles. The van der Waals surface area contributed by atoms with E-state index < -0.39 is 5.97 Å². The van der Waals surface area contributed by atoms with Gasteiger partial charge in [0.05, 0.1) is 23.9 Å². The van der Waals surface area contributed by atoms with Gasteiger partial charge in [0, 0.05) is 10.8 Å². The molecule has 0 fully saturated rings. The van der Waals surface area contributed by atoms with Crippen molar-refractivity contribution in [2.24, 2.45) is 0 Å². The number of furan rings is 1. The first-order valence-electron chi connectivity index (χ1n) is 8.03. The van der Waals surface area contributed by atoms with Gasteiger partial charge in [0.25, 0.3) is 0 Å². The molecule has 0 saturated carbocycles. The number of carboxylic acids is 1. The van der Waals surface area contributed by atoms with Crippen LogP contribution in [0.3, 0.4) is 0 Å². The van der Waals surface area contributed by atoms with Crippen LogP contribution >= 0.6 is 0 Å². The predicted octanol–water partition coefficient (Wildman–Crippen LogP) is 4.86. The van der Waals surface area contributed by atoms with Crippen LogP contribution < -0.4 is 4.74 Å². The molecule has 0 saturated heterocycles. The lowest BCUT2D eigenvalue weighted by Crippen LogP contribution is -2.00. The summed E-state index contributed by atoms with van der Waals surface area (Å²) in [7, 11) is 1.60. The monoisotopic (exact) mass is 345 g/mol. The van der Waals surface area contributed by atoms with Crippen molar-refractivity contribution in [2.75, 3.05) is 7.11 Å². The van der Waals surface area contributed by atoms with E-state index in [4.69, 9.17) is 9.15 Å². The van der Waals surface area contributed by atoms with Crippen LogP contribution in [-0.4, -0.2) is 23.2 Å². The Morgan fingerprint density at radius 2 is 1.96 bits per heavy atom. The molecule has 0 aliphatic rings. The van der Waals surface area contributed by atoms with E-state index in [2.05, 4.69) is 4.98 Å². The zero-order valence-electron chi connectivity index (χ0n) is 14.0. The Kier molecular flexibility index (Phi) is 3.89. The molecule has 5 nitrogen and oxygen atoms in total. The van der Waals surface area contributed by atoms with Gasteiger partial charge in [-0.2, -0.15) is 0 Å². The Bertz CT molecular complexity index is 1160. The molecule has 2 heterocycles. The fourth-order valence-corrected chi connectivity index (χ4v) is 2.92. The van der Waals surface area contributed by atoms with E-state index in [9.17, 15) is 9.90 Å². The molecular formula is C21H15NO4. The highest BCUT2D eigenvalue weighted by atomic mass is 16.5. The summed E-state index contributed by atoms with van der Waals surface area (Å²) in [5, 5.41) is 11.0. The van der Waals surface area contributed by atoms with Crippen molar-refractivity contribution in [3.63, 3.8) is 0 Å². The quantitative estimate of drug-likeness (QED) is 0.572. The minimum atomic E-state index is -0.980. The van der Waals surface area contributed by atoms with Crippen LogP contribution in [0, 0.1) is 0 Å². The van der Waals surface area contributed by atoms with Crippen molar-refractivity contribution < 1.29 is 19.1 Å². The maximum atomic E-state index is 11.5. The molecule has 2 aromatic carbocycles. The third-order valence-electron chi connectivity index (χ3n) is 4.13. The summed E-state index contributed by atoms with van der Waals surface area (Å²) in [5.74, 6) is 0.321. The highest BCUT2D eigenvalue weighted by Gasteiger charge is 2.11. The van der Waals surface area contributed by atoms with E-state index >= 15 is 0 Å². The van der Waals surface area contributed by atoms with Crippen LogP contribution in [0.4, 0.5) is 0 Å². The van der Waals surface area contributed by atoms with E-state index in [1.807, 2.05) is 30.3 Å². The number of benzene rings is 2. The Morgan fingerprint density at radius 3 is 2.77 bits per heavy atom. The maximum absolute atomic E-state index is 11.5. The van der Waals surface area contributed by atoms with Crippen LogP contribution in [0.1, 0.15) is 21.8 Å². The summed E-state index contributed by atoms with van der Waals surface area (Å²) in [6, 6.07) is 16.3. The summed E-state index contributed by atoms with van der Waals surface area (Å²) >= 11 is 0. The van der Waals surface area contributed by atoms with Gasteiger partial charge in [-0.1, -0.05) is 30.3 Å². The molecule has 4 aromatic rings. The third-order valence-corrected chi connectivity index (χ3v) is 4.13. The minimum absolute atomic E-state index is 0.224. The highest BCUT2D eigenvalue weighted by molar-refractivity contribution is 6.03. The van der Waals surface area contributed by atoms with Crippen molar-refractivity contribution >= 4 is 40.0 Å². The van der Waals surface area contributed by atoms with E-state index in [0.29, 0.717) is 33.7 Å². The molecule has 0 atom stereocenters. The molecule has 26 heavy (non-hydrogen) atoms. The van der Waals surface area contributed by atoms with Gasteiger partial charge in [-0.05, 0) is 36.4 Å². The molecule has 0 unspecified atom stereocenters. The first-order chi connectivity index (χ1) is 12.7. The average molecular weight is 345 g/mol. The maximum Gasteiger partial charge on any atom is 0.336 e. The highest BCUT2D eigenvalue weighted by Crippen LogP contribution is 2.29. The van der Waals surface area contributed by atoms with Crippen molar-refractivity contribution in [1.29, 1.82) is 0 Å². The van der Waals surface area contributed by atoms with Crippen molar-refractivity contribution in [2.45, 2.75) is 0 Å². The number of hydrogen-bond acceptors (Lipinski definition) is 4. The van der Waals surface area contributed by atoms with E-state index in [1.54, 1.807) is 43.5 Å². The molecule has 0 aliphatic carbocycles. The Morgan fingerprint density at radius 1 is 1.12 bits per heavy atom. The normalized spacial score (nSPS) is 11.4. The lowest BCUT2D eigenvalue weighted by molar-refractivity contribution is 0.0699. The smallest absolute Gasteiger partial charge is 0.336 e. The van der Waals surface area contributed by atoms with Crippen LogP contribution in [0.5, 0.6) is 5.75 Å². The zero-order chi connectivity index (χ0) is 18.1. The van der Waals surface area contributed by atoms with Gasteiger partial charge in [-0.3, -0.25) is 0 Å². The number of carboxylic acid groups (broad SMARTS) is 1. The van der Waals surface area contributed by atoms with Gasteiger partial charge < -0.3 is 14.3 Å². The lowest BCUT2D eigenvalue weighted by atomic mass is 10.1. The summed E-state index contributed by atoms with van der Waals surface area (Å²) in [5.41, 5.74) is 2.08. The standard InChI is InChI=1S/C21H15NO4/c1-25-19-8-4-5-13-11-15(26-20(13)19)10-9-14-12-17(21(23)24)16-6-2-3-7-18(16)22-14/h2-12H,1H3,(H,23,24)/b10-9+. The Balaban J connectivity index is 1.76. The van der Waals surface area contributed by atoms with Crippen molar-refractivity contribution in [3.05, 3.63) is 71.6 Å². The topological polar surface area (TPSA) is 72.6 Å². The number of para-hydroxylation sites is 2. The lowest BCUT2D eigenvalue weighted by Gasteiger charge is -2.03. The van der Waals surface area contributed by atoms with Crippen LogP contribution in [0.25, 0.3) is 34.0 Å². The van der Waals surface area contributed by atoms with Crippen molar-refractivity contribution in [3.8, 4) is 5.75 Å². The number of fused-ring (bicyclic) bond motifs is 2. The number of pyridine rings is 1. The van der Waals surface area contributed by atoms with Crippen LogP contribution in [0.15, 0.2) is 59.0 Å². The molecule has 0 amide bonds. The molecule has 4 rings (SSSR count). The summed E-state index contributed by atoms with van der Waals surface area (Å²) < 4.78 is 11.1. The van der Waals surface area contributed by atoms with Gasteiger partial charge in [0.1, 0.15) is 5.76 Å². The molecule has 128 valence electrons. The molecule has 0 aliphatic heterocycles. The van der Waals surface area contributed by atoms with Gasteiger partial charge in [0.15, 0.2) is 11.3 Å². The second kappa shape index (κ2) is 6.37. The Labute approximate surface area is 149 Å². The SMILES string of the molecule is COc1cccc2cc(/C=C/c3cc(C(=O)O)c4ccccc4n3)oc12. The second-order valence-electron chi connectivity index (χ2n) is 5.78. The number of ether oxygens (including phenoxy) is 1. The van der Waals surface area contributed by atoms with Crippen LogP contribution in [-0.2, 0) is 0 Å². The molecule has 0 bridgehead atoms. The summed E-state index contributed by atoms with van der Waals surface area (Å²) in [4.78, 5) is 16.0. The first kappa shape index (κ1) is 15.9. The van der Waals surface area contributed by atoms with Gasteiger partial charge in [-0.25, -0.2) is 9.78 Å². The summed E-state index contributed by atoms with van der Waals surface area (Å²) in [6.07, 6.45) is 3.51. The zero-order valence-corrected chi connectivity index (χ0v) is 14.0. The minimum Gasteiger partial charge on any atom is -0.493 e. The number of methoxy groups -OCH3 is 1. The number of carbonyl (C=O) groups is 1. The van der Waals surface area contributed by atoms with Crippen molar-refractivity contribution in [1.82, 2.24) is 4.98 Å². The number of rotatable bonds is 4. The fraction of sp³-hybridized carbons (Fsp3) is 0.0476. The van der Waals surface area contributed by atoms with Gasteiger partial charge in [-0.15, -0.1) is 0 Å². The molecule has 5 heteroatoms. The average Bonchev–Trinajstić information content (AvgIpc) is 3.08. The largest absolute Gasteiger partial charge is 0.493 e.